The average Bonchev–Trinajstić information content (AvgIpc) is 3.25. The topological polar surface area (TPSA) is 66.3 Å². The van der Waals surface area contributed by atoms with Gasteiger partial charge in [-0.3, -0.25) is 4.79 Å². The molecule has 3 heterocycles. The van der Waals surface area contributed by atoms with E-state index in [-0.39, 0.29) is 5.91 Å². The fourth-order valence-electron chi connectivity index (χ4n) is 5.36. The Bertz CT molecular complexity index is 1390. The van der Waals surface area contributed by atoms with E-state index in [0.717, 1.165) is 77.6 Å². The van der Waals surface area contributed by atoms with Crippen LogP contribution in [-0.2, 0) is 11.2 Å². The molecule has 0 saturated carbocycles. The number of likely N-dealkylation sites (N-methyl/N-ethyl adjacent to an activating group) is 1. The summed E-state index contributed by atoms with van der Waals surface area (Å²) in [7, 11) is 0. The SMILES string of the molecule is CCN1CCN(c2ccc(NC(=O)CCc3c(C)nc4c(c(C)nn4-c4ccccc4)c3C)cc2)CC1. The Hall–Kier alpha value is -3.71. The number of hydrogen-bond donors (Lipinski definition) is 1. The summed E-state index contributed by atoms with van der Waals surface area (Å²) in [6.45, 7) is 13.8. The number of carbonyl (C=O) groups is 1. The largest absolute Gasteiger partial charge is 0.369 e. The Morgan fingerprint density at radius 1 is 0.892 bits per heavy atom. The predicted molar refractivity (Wildman–Crippen MR) is 151 cm³/mol. The number of para-hydroxylation sites is 1. The van der Waals surface area contributed by atoms with Crippen LogP contribution in [0.2, 0.25) is 0 Å². The number of aryl methyl sites for hydroxylation is 3. The number of nitrogens with zero attached hydrogens (tertiary/aromatic N) is 5. The van der Waals surface area contributed by atoms with Crippen LogP contribution in [0.1, 0.15) is 35.9 Å². The van der Waals surface area contributed by atoms with Gasteiger partial charge in [0.25, 0.3) is 0 Å². The Morgan fingerprint density at radius 3 is 2.27 bits per heavy atom. The van der Waals surface area contributed by atoms with E-state index in [4.69, 9.17) is 10.1 Å². The fraction of sp³-hybridized carbons (Fsp3) is 0.367. The van der Waals surface area contributed by atoms with E-state index in [9.17, 15) is 4.79 Å². The van der Waals surface area contributed by atoms with Gasteiger partial charge in [-0.2, -0.15) is 5.10 Å². The molecule has 1 fully saturated rings. The highest BCUT2D eigenvalue weighted by molar-refractivity contribution is 5.91. The van der Waals surface area contributed by atoms with Crippen LogP contribution in [0.15, 0.2) is 54.6 Å². The number of amides is 1. The highest BCUT2D eigenvalue weighted by Gasteiger charge is 2.19. The van der Waals surface area contributed by atoms with Crippen LogP contribution < -0.4 is 10.2 Å². The highest BCUT2D eigenvalue weighted by Crippen LogP contribution is 2.28. The van der Waals surface area contributed by atoms with Gasteiger partial charge in [-0.15, -0.1) is 0 Å². The van der Waals surface area contributed by atoms with Crippen LogP contribution in [-0.4, -0.2) is 58.3 Å². The fourth-order valence-corrected chi connectivity index (χ4v) is 5.36. The zero-order chi connectivity index (χ0) is 25.9. The van der Waals surface area contributed by atoms with E-state index in [0.29, 0.717) is 12.8 Å². The minimum atomic E-state index is 0.0138. The van der Waals surface area contributed by atoms with Crippen molar-refractivity contribution in [3.63, 3.8) is 0 Å². The maximum absolute atomic E-state index is 12.8. The van der Waals surface area contributed by atoms with Crippen molar-refractivity contribution in [3.8, 4) is 5.69 Å². The van der Waals surface area contributed by atoms with Gasteiger partial charge in [0.15, 0.2) is 5.65 Å². The first-order valence-corrected chi connectivity index (χ1v) is 13.2. The van der Waals surface area contributed by atoms with Crippen LogP contribution >= 0.6 is 0 Å². The minimum Gasteiger partial charge on any atom is -0.369 e. The molecule has 2 aromatic heterocycles. The van der Waals surface area contributed by atoms with Crippen LogP contribution in [0.3, 0.4) is 0 Å². The Balaban J connectivity index is 1.25. The van der Waals surface area contributed by atoms with Crippen molar-refractivity contribution in [2.24, 2.45) is 0 Å². The third kappa shape index (κ3) is 5.23. The number of hydrogen-bond acceptors (Lipinski definition) is 5. The van der Waals surface area contributed by atoms with E-state index in [1.165, 1.54) is 5.69 Å². The number of pyridine rings is 1. The van der Waals surface area contributed by atoms with Crippen LogP contribution in [0.5, 0.6) is 0 Å². The molecule has 1 saturated heterocycles. The Morgan fingerprint density at radius 2 is 1.59 bits per heavy atom. The van der Waals surface area contributed by atoms with Gasteiger partial charge in [0.05, 0.1) is 11.4 Å². The lowest BCUT2D eigenvalue weighted by Gasteiger charge is -2.35. The number of aromatic nitrogens is 3. The zero-order valence-electron chi connectivity index (χ0n) is 22.3. The summed E-state index contributed by atoms with van der Waals surface area (Å²) in [4.78, 5) is 22.6. The highest BCUT2D eigenvalue weighted by atomic mass is 16.1. The molecule has 0 radical (unpaired) electrons. The van der Waals surface area contributed by atoms with Crippen LogP contribution in [0.25, 0.3) is 16.7 Å². The second-order valence-corrected chi connectivity index (χ2v) is 9.85. The van der Waals surface area contributed by atoms with E-state index < -0.39 is 0 Å². The van der Waals surface area contributed by atoms with Crippen molar-refractivity contribution in [2.45, 2.75) is 40.5 Å². The molecule has 192 valence electrons. The first kappa shape index (κ1) is 25.0. The number of carbonyl (C=O) groups excluding carboxylic acids is 1. The molecule has 2 aromatic carbocycles. The maximum atomic E-state index is 12.8. The van der Waals surface area contributed by atoms with Crippen molar-refractivity contribution < 1.29 is 4.79 Å². The molecule has 1 aliphatic heterocycles. The molecular formula is C30H36N6O. The Kier molecular flexibility index (Phi) is 7.24. The van der Waals surface area contributed by atoms with Gasteiger partial charge in [-0.05, 0) is 81.3 Å². The van der Waals surface area contributed by atoms with Crippen molar-refractivity contribution in [1.82, 2.24) is 19.7 Å². The standard InChI is InChI=1S/C30H36N6O/c1-5-34-17-19-35(20-18-34)25-13-11-24(12-14-25)32-28(37)16-15-27-21(2)29-23(4)33-36(30(29)31-22(27)3)26-9-7-6-8-10-26/h6-14H,5,15-20H2,1-4H3,(H,32,37). The van der Waals surface area contributed by atoms with Crippen molar-refractivity contribution >= 4 is 28.3 Å². The van der Waals surface area contributed by atoms with E-state index in [1.807, 2.05) is 61.0 Å². The molecule has 1 N–H and O–H groups in total. The summed E-state index contributed by atoms with van der Waals surface area (Å²) in [5.41, 5.74) is 8.08. The van der Waals surface area contributed by atoms with Gasteiger partial charge in [0.2, 0.25) is 5.91 Å². The molecule has 0 spiro atoms. The molecule has 0 atom stereocenters. The van der Waals surface area contributed by atoms with Crippen LogP contribution in [0.4, 0.5) is 11.4 Å². The summed E-state index contributed by atoms with van der Waals surface area (Å²) < 4.78 is 1.91. The monoisotopic (exact) mass is 496 g/mol. The Labute approximate surface area is 219 Å². The van der Waals surface area contributed by atoms with Gasteiger partial charge < -0.3 is 15.1 Å². The number of piperazine rings is 1. The lowest BCUT2D eigenvalue weighted by atomic mass is 9.99. The molecule has 5 rings (SSSR count). The van der Waals surface area contributed by atoms with E-state index >= 15 is 0 Å². The second kappa shape index (κ2) is 10.7. The number of benzene rings is 2. The molecule has 37 heavy (non-hydrogen) atoms. The molecule has 0 aliphatic carbocycles. The third-order valence-corrected chi connectivity index (χ3v) is 7.51. The summed E-state index contributed by atoms with van der Waals surface area (Å²) in [6, 6.07) is 18.3. The maximum Gasteiger partial charge on any atom is 0.224 e. The lowest BCUT2D eigenvalue weighted by Crippen LogP contribution is -2.46. The predicted octanol–water partition coefficient (Wildman–Crippen LogP) is 5.06. The van der Waals surface area contributed by atoms with Gasteiger partial charge in [0, 0.05) is 55.1 Å². The zero-order valence-corrected chi connectivity index (χ0v) is 22.3. The molecule has 1 amide bonds. The average molecular weight is 497 g/mol. The molecule has 7 heteroatoms. The minimum absolute atomic E-state index is 0.0138. The summed E-state index contributed by atoms with van der Waals surface area (Å²) in [5.74, 6) is 0.0138. The molecule has 0 unspecified atom stereocenters. The number of rotatable bonds is 7. The second-order valence-electron chi connectivity index (χ2n) is 9.85. The van der Waals surface area contributed by atoms with Crippen LogP contribution in [0, 0.1) is 20.8 Å². The van der Waals surface area contributed by atoms with Gasteiger partial charge in [-0.25, -0.2) is 9.67 Å². The van der Waals surface area contributed by atoms with Crippen molar-refractivity contribution in [3.05, 3.63) is 77.1 Å². The molecule has 0 bridgehead atoms. The van der Waals surface area contributed by atoms with Gasteiger partial charge >= 0.3 is 0 Å². The smallest absolute Gasteiger partial charge is 0.224 e. The molecular weight excluding hydrogens is 460 g/mol. The number of nitrogens with one attached hydrogen (secondary N) is 1. The molecule has 7 nitrogen and oxygen atoms in total. The van der Waals surface area contributed by atoms with Crippen molar-refractivity contribution in [2.75, 3.05) is 42.9 Å². The summed E-state index contributed by atoms with van der Waals surface area (Å²) in [6.07, 6.45) is 1.05. The first-order valence-electron chi connectivity index (χ1n) is 13.2. The van der Waals surface area contributed by atoms with Gasteiger partial charge in [-0.1, -0.05) is 25.1 Å². The number of anilines is 2. The third-order valence-electron chi connectivity index (χ3n) is 7.51. The summed E-state index contributed by atoms with van der Waals surface area (Å²) in [5, 5.41) is 8.91. The number of fused-ring (bicyclic) bond motifs is 1. The molecule has 1 aliphatic rings. The van der Waals surface area contributed by atoms with E-state index in [1.54, 1.807) is 0 Å². The lowest BCUT2D eigenvalue weighted by molar-refractivity contribution is -0.116. The quantitative estimate of drug-likeness (QED) is 0.387. The van der Waals surface area contributed by atoms with Gasteiger partial charge in [0.1, 0.15) is 0 Å². The van der Waals surface area contributed by atoms with E-state index in [2.05, 4.69) is 41.1 Å². The van der Waals surface area contributed by atoms with Crippen molar-refractivity contribution in [1.29, 1.82) is 0 Å². The molecule has 4 aromatic rings. The summed E-state index contributed by atoms with van der Waals surface area (Å²) >= 11 is 0. The normalized spacial score (nSPS) is 14.3. The first-order chi connectivity index (χ1) is 17.9.